The van der Waals surface area contributed by atoms with Crippen LogP contribution in [0.15, 0.2) is 78.9 Å². The number of halogens is 3. The summed E-state index contributed by atoms with van der Waals surface area (Å²) in [6.07, 6.45) is -4.40. The maximum Gasteiger partial charge on any atom is 0.405 e. The maximum atomic E-state index is 12.3. The molecule has 0 aliphatic rings. The molecule has 0 aromatic heterocycles. The molecule has 2 N–H and O–H groups in total. The minimum Gasteiger partial charge on any atom is -0.347 e. The Kier molecular flexibility index (Phi) is 7.07. The molecule has 0 bridgehead atoms. The van der Waals surface area contributed by atoms with Crippen LogP contribution < -0.4 is 10.6 Å². The van der Waals surface area contributed by atoms with Crippen LogP contribution in [0.5, 0.6) is 0 Å². The highest BCUT2D eigenvalue weighted by Gasteiger charge is 2.27. The lowest BCUT2D eigenvalue weighted by Crippen LogP contribution is -2.34. The summed E-state index contributed by atoms with van der Waals surface area (Å²) in [5.74, 6) is -0.906. The van der Waals surface area contributed by atoms with Crippen LogP contribution in [0.2, 0.25) is 0 Å². The molecule has 0 aliphatic heterocycles. The first-order valence-corrected chi connectivity index (χ1v) is 9.65. The number of alkyl halides is 3. The fourth-order valence-corrected chi connectivity index (χ4v) is 2.99. The first-order chi connectivity index (χ1) is 14.8. The maximum absolute atomic E-state index is 12.3. The van der Waals surface area contributed by atoms with E-state index < -0.39 is 18.6 Å². The van der Waals surface area contributed by atoms with Gasteiger partial charge in [-0.15, -0.1) is 0 Å². The second-order valence-corrected chi connectivity index (χ2v) is 7.05. The van der Waals surface area contributed by atoms with E-state index in [4.69, 9.17) is 0 Å². The van der Waals surface area contributed by atoms with E-state index >= 15 is 0 Å². The van der Waals surface area contributed by atoms with Crippen LogP contribution in [0.25, 0.3) is 11.1 Å². The summed E-state index contributed by atoms with van der Waals surface area (Å²) in [7, 11) is 0. The molecule has 31 heavy (non-hydrogen) atoms. The molecule has 4 nitrogen and oxygen atoms in total. The summed E-state index contributed by atoms with van der Waals surface area (Å²) in [6.45, 7) is -1.35. The second-order valence-electron chi connectivity index (χ2n) is 7.05. The first kappa shape index (κ1) is 22.1. The average molecular weight is 426 g/mol. The minimum absolute atomic E-state index is 0.169. The third-order valence-corrected chi connectivity index (χ3v) is 4.51. The van der Waals surface area contributed by atoms with Gasteiger partial charge in [-0.2, -0.15) is 13.2 Å². The molecule has 0 atom stereocenters. The largest absolute Gasteiger partial charge is 0.405 e. The van der Waals surface area contributed by atoms with E-state index in [9.17, 15) is 22.8 Å². The van der Waals surface area contributed by atoms with Gasteiger partial charge in [0.1, 0.15) is 6.54 Å². The minimum atomic E-state index is -4.44. The van der Waals surface area contributed by atoms with Crippen LogP contribution in [0.3, 0.4) is 0 Å². The van der Waals surface area contributed by atoms with Gasteiger partial charge in [-0.05, 0) is 34.4 Å². The van der Waals surface area contributed by atoms with E-state index in [2.05, 4.69) is 5.32 Å². The van der Waals surface area contributed by atoms with Crippen molar-refractivity contribution in [1.82, 2.24) is 5.32 Å². The number of benzene rings is 3. The lowest BCUT2D eigenvalue weighted by atomic mass is 10.0. The quantitative estimate of drug-likeness (QED) is 0.573. The molecule has 3 aromatic carbocycles. The van der Waals surface area contributed by atoms with E-state index in [0.29, 0.717) is 11.3 Å². The molecule has 0 saturated heterocycles. The predicted molar refractivity (Wildman–Crippen MR) is 113 cm³/mol. The monoisotopic (exact) mass is 426 g/mol. The van der Waals surface area contributed by atoms with Crippen LogP contribution >= 0.6 is 0 Å². The van der Waals surface area contributed by atoms with E-state index in [1.807, 2.05) is 59.9 Å². The Bertz CT molecular complexity index is 1020. The highest BCUT2D eigenvalue weighted by atomic mass is 19.4. The van der Waals surface area contributed by atoms with E-state index in [1.165, 1.54) is 0 Å². The van der Waals surface area contributed by atoms with Crippen molar-refractivity contribution in [1.29, 1.82) is 0 Å². The highest BCUT2D eigenvalue weighted by Crippen LogP contribution is 2.20. The first-order valence-electron chi connectivity index (χ1n) is 9.65. The zero-order chi connectivity index (χ0) is 22.3. The summed E-state index contributed by atoms with van der Waals surface area (Å²) in [5.41, 5.74) is 4.14. The summed E-state index contributed by atoms with van der Waals surface area (Å²) >= 11 is 0. The molecule has 0 unspecified atom stereocenters. The van der Waals surface area contributed by atoms with E-state index in [0.717, 1.165) is 16.7 Å². The molecule has 0 saturated carbocycles. The predicted octanol–water partition coefficient (Wildman–Crippen LogP) is 4.76. The number of hydrogen-bond acceptors (Lipinski definition) is 2. The molecule has 0 radical (unpaired) electrons. The van der Waals surface area contributed by atoms with Crippen LogP contribution in [0.4, 0.5) is 18.9 Å². The van der Waals surface area contributed by atoms with Crippen molar-refractivity contribution < 1.29 is 22.8 Å². The molecule has 2 amide bonds. The lowest BCUT2D eigenvalue weighted by Gasteiger charge is -2.09. The number of hydrogen-bond donors (Lipinski definition) is 2. The molecular formula is C24H21F3N2O2. The third-order valence-electron chi connectivity index (χ3n) is 4.51. The molecule has 0 aliphatic carbocycles. The summed E-state index contributed by atoms with van der Waals surface area (Å²) < 4.78 is 36.4. The smallest absolute Gasteiger partial charge is 0.347 e. The number of carbonyl (C=O) groups is 2. The zero-order valence-corrected chi connectivity index (χ0v) is 16.6. The summed E-state index contributed by atoms with van der Waals surface area (Å²) in [5, 5.41) is 4.60. The van der Waals surface area contributed by atoms with Gasteiger partial charge in [0.2, 0.25) is 11.8 Å². The molecule has 0 spiro atoms. The molecule has 0 fully saturated rings. The number of anilines is 1. The average Bonchev–Trinajstić information content (AvgIpc) is 2.74. The van der Waals surface area contributed by atoms with Gasteiger partial charge in [-0.25, -0.2) is 0 Å². The van der Waals surface area contributed by atoms with Crippen LogP contribution in [0, 0.1) is 0 Å². The number of rotatable bonds is 7. The molecular weight excluding hydrogens is 405 g/mol. The Labute approximate surface area is 178 Å². The Balaban J connectivity index is 1.50. The number of carbonyl (C=O) groups excluding carboxylic acids is 2. The van der Waals surface area contributed by atoms with E-state index in [1.54, 1.807) is 24.3 Å². The van der Waals surface area contributed by atoms with Gasteiger partial charge in [0.15, 0.2) is 0 Å². The summed E-state index contributed by atoms with van der Waals surface area (Å²) in [6, 6.07) is 24.1. The lowest BCUT2D eigenvalue weighted by molar-refractivity contribution is -0.138. The molecule has 7 heteroatoms. The van der Waals surface area contributed by atoms with Gasteiger partial charge < -0.3 is 10.6 Å². The normalized spacial score (nSPS) is 11.1. The topological polar surface area (TPSA) is 58.2 Å². The highest BCUT2D eigenvalue weighted by molar-refractivity contribution is 5.92. The Morgan fingerprint density at radius 3 is 1.77 bits per heavy atom. The summed E-state index contributed by atoms with van der Waals surface area (Å²) in [4.78, 5) is 23.9. The van der Waals surface area contributed by atoms with Crippen LogP contribution in [-0.4, -0.2) is 24.5 Å². The zero-order valence-electron chi connectivity index (χ0n) is 16.6. The molecule has 160 valence electrons. The van der Waals surface area contributed by atoms with Crippen molar-refractivity contribution in [2.24, 2.45) is 0 Å². The van der Waals surface area contributed by atoms with Gasteiger partial charge >= 0.3 is 6.18 Å². The standard InChI is InChI=1S/C24H21F3N2O2/c25-24(26,27)16-28-22(30)14-18-8-12-21(13-9-18)29-23(31)15-17-6-10-20(11-7-17)19-4-2-1-3-5-19/h1-13H,14-16H2,(H,28,30)(H,29,31). The van der Waals surface area contributed by atoms with Crippen molar-refractivity contribution >= 4 is 17.5 Å². The van der Waals surface area contributed by atoms with Crippen LogP contribution in [-0.2, 0) is 22.4 Å². The Morgan fingerprint density at radius 2 is 1.19 bits per heavy atom. The van der Waals surface area contributed by atoms with Gasteiger partial charge in [0, 0.05) is 5.69 Å². The Hall–Kier alpha value is -3.61. The number of amides is 2. The molecule has 0 heterocycles. The molecule has 3 rings (SSSR count). The van der Waals surface area contributed by atoms with Crippen molar-refractivity contribution in [3.63, 3.8) is 0 Å². The van der Waals surface area contributed by atoms with Gasteiger partial charge in [-0.1, -0.05) is 66.7 Å². The van der Waals surface area contributed by atoms with Gasteiger partial charge in [0.25, 0.3) is 0 Å². The van der Waals surface area contributed by atoms with Gasteiger partial charge in [0.05, 0.1) is 12.8 Å². The number of nitrogens with one attached hydrogen (secondary N) is 2. The second kappa shape index (κ2) is 9.93. The van der Waals surface area contributed by atoms with Crippen LogP contribution in [0.1, 0.15) is 11.1 Å². The van der Waals surface area contributed by atoms with E-state index in [-0.39, 0.29) is 18.7 Å². The van der Waals surface area contributed by atoms with Gasteiger partial charge in [-0.3, -0.25) is 9.59 Å². The van der Waals surface area contributed by atoms with Crippen molar-refractivity contribution in [2.75, 3.05) is 11.9 Å². The van der Waals surface area contributed by atoms with Crippen molar-refractivity contribution in [2.45, 2.75) is 19.0 Å². The fraction of sp³-hybridized carbons (Fsp3) is 0.167. The van der Waals surface area contributed by atoms with Crippen molar-refractivity contribution in [3.05, 3.63) is 90.0 Å². The Morgan fingerprint density at radius 1 is 0.677 bits per heavy atom. The fourth-order valence-electron chi connectivity index (χ4n) is 2.99. The SMILES string of the molecule is O=C(Cc1ccc(NC(=O)Cc2ccc(-c3ccccc3)cc2)cc1)NCC(F)(F)F. The van der Waals surface area contributed by atoms with Crippen molar-refractivity contribution in [3.8, 4) is 11.1 Å². The molecule has 3 aromatic rings. The third kappa shape index (κ3) is 7.29.